The van der Waals surface area contributed by atoms with Crippen molar-refractivity contribution in [3.05, 3.63) is 18.2 Å². The molecule has 0 saturated heterocycles. The van der Waals surface area contributed by atoms with Gasteiger partial charge in [0.1, 0.15) is 0 Å². The first-order chi connectivity index (χ1) is 8.07. The molecule has 18 heavy (non-hydrogen) atoms. The summed E-state index contributed by atoms with van der Waals surface area (Å²) in [5.74, 6) is -3.50. The van der Waals surface area contributed by atoms with Gasteiger partial charge >= 0.3 is 12.4 Å². The van der Waals surface area contributed by atoms with Gasteiger partial charge in [-0.3, -0.25) is 0 Å². The lowest BCUT2D eigenvalue weighted by atomic mass is 9.96. The van der Waals surface area contributed by atoms with E-state index in [-0.39, 0.29) is 5.69 Å². The Hall–Kier alpha value is -1.25. The van der Waals surface area contributed by atoms with Gasteiger partial charge in [-0.05, 0) is 7.05 Å². The molecule has 0 aliphatic rings. The van der Waals surface area contributed by atoms with Crippen LogP contribution in [0.15, 0.2) is 12.5 Å². The molecule has 0 fully saturated rings. The number of imidazole rings is 1. The van der Waals surface area contributed by atoms with Crippen LogP contribution in [-0.4, -0.2) is 29.0 Å². The molecule has 1 aromatic rings. The van der Waals surface area contributed by atoms with Crippen molar-refractivity contribution >= 4 is 0 Å². The lowest BCUT2D eigenvalue weighted by molar-refractivity contribution is -0.292. The summed E-state index contributed by atoms with van der Waals surface area (Å²) in [5, 5.41) is 2.03. The molecule has 1 atom stereocenters. The van der Waals surface area contributed by atoms with Crippen LogP contribution in [0.4, 0.5) is 26.3 Å². The maximum atomic E-state index is 12.6. The van der Waals surface area contributed by atoms with E-state index in [0.717, 1.165) is 19.6 Å². The lowest BCUT2D eigenvalue weighted by Crippen LogP contribution is -2.45. The highest BCUT2D eigenvalue weighted by Gasteiger charge is 2.60. The van der Waals surface area contributed by atoms with Gasteiger partial charge in [-0.2, -0.15) is 26.3 Å². The van der Waals surface area contributed by atoms with Crippen LogP contribution >= 0.6 is 0 Å². The van der Waals surface area contributed by atoms with Crippen LogP contribution in [-0.2, 0) is 7.05 Å². The van der Waals surface area contributed by atoms with Crippen molar-refractivity contribution in [2.75, 3.05) is 7.05 Å². The summed E-state index contributed by atoms with van der Waals surface area (Å²) in [7, 11) is 2.49. The quantitative estimate of drug-likeness (QED) is 0.859. The van der Waals surface area contributed by atoms with Crippen molar-refractivity contribution in [2.24, 2.45) is 13.0 Å². The molecule has 3 nitrogen and oxygen atoms in total. The second kappa shape index (κ2) is 4.79. The standard InChI is InChI=1S/C9H11F6N3/c1-16-6(5-3-18(2)4-17-5)7(8(10,11)12)9(13,14)15/h3-4,6-7,16H,1-2H3. The van der Waals surface area contributed by atoms with Gasteiger partial charge in [-0.25, -0.2) is 4.98 Å². The van der Waals surface area contributed by atoms with Gasteiger partial charge in [-0.15, -0.1) is 0 Å². The first kappa shape index (κ1) is 14.8. The molecule has 104 valence electrons. The fourth-order valence-electron chi connectivity index (χ4n) is 1.64. The second-order valence-corrected chi connectivity index (χ2v) is 3.79. The maximum Gasteiger partial charge on any atom is 0.402 e. The van der Waals surface area contributed by atoms with E-state index in [1.807, 2.05) is 5.32 Å². The van der Waals surface area contributed by atoms with Gasteiger partial charge in [0, 0.05) is 13.2 Å². The van der Waals surface area contributed by atoms with E-state index in [1.54, 1.807) is 0 Å². The Morgan fingerprint density at radius 3 is 1.94 bits per heavy atom. The highest BCUT2D eigenvalue weighted by molar-refractivity contribution is 5.08. The molecular weight excluding hydrogens is 264 g/mol. The molecule has 0 amide bonds. The minimum Gasteiger partial charge on any atom is -0.340 e. The summed E-state index contributed by atoms with van der Waals surface area (Å²) in [6.07, 6.45) is -8.54. The summed E-state index contributed by atoms with van der Waals surface area (Å²) < 4.78 is 76.6. The predicted octanol–water partition coefficient (Wildman–Crippen LogP) is 2.42. The molecule has 1 N–H and O–H groups in total. The van der Waals surface area contributed by atoms with E-state index in [0.29, 0.717) is 0 Å². The molecule has 0 spiro atoms. The number of nitrogens with zero attached hydrogens (tertiary/aromatic N) is 2. The monoisotopic (exact) mass is 275 g/mol. The van der Waals surface area contributed by atoms with Crippen LogP contribution < -0.4 is 5.32 Å². The lowest BCUT2D eigenvalue weighted by Gasteiger charge is -2.29. The highest BCUT2D eigenvalue weighted by Crippen LogP contribution is 2.45. The zero-order valence-electron chi connectivity index (χ0n) is 9.47. The molecule has 1 aromatic heterocycles. The molecule has 0 saturated carbocycles. The van der Waals surface area contributed by atoms with E-state index in [2.05, 4.69) is 4.98 Å². The third-order valence-electron chi connectivity index (χ3n) is 2.39. The minimum absolute atomic E-state index is 0.306. The first-order valence-corrected chi connectivity index (χ1v) is 4.86. The topological polar surface area (TPSA) is 29.9 Å². The van der Waals surface area contributed by atoms with E-state index in [9.17, 15) is 26.3 Å². The first-order valence-electron chi connectivity index (χ1n) is 4.86. The smallest absolute Gasteiger partial charge is 0.340 e. The van der Waals surface area contributed by atoms with E-state index in [1.165, 1.54) is 11.6 Å². The number of nitrogens with one attached hydrogen (secondary N) is 1. The summed E-state index contributed by atoms with van der Waals surface area (Å²) in [5.41, 5.74) is -0.306. The molecule has 1 unspecified atom stereocenters. The van der Waals surface area contributed by atoms with Crippen molar-refractivity contribution in [3.63, 3.8) is 0 Å². The van der Waals surface area contributed by atoms with Crippen molar-refractivity contribution in [3.8, 4) is 0 Å². The van der Waals surface area contributed by atoms with E-state index >= 15 is 0 Å². The van der Waals surface area contributed by atoms with Crippen LogP contribution in [0, 0.1) is 5.92 Å². The Labute approximate surface area is 98.8 Å². The van der Waals surface area contributed by atoms with Crippen molar-refractivity contribution in [2.45, 2.75) is 18.4 Å². The van der Waals surface area contributed by atoms with Crippen molar-refractivity contribution in [1.29, 1.82) is 0 Å². The van der Waals surface area contributed by atoms with Gasteiger partial charge in [0.15, 0.2) is 5.92 Å². The van der Waals surface area contributed by atoms with Crippen molar-refractivity contribution in [1.82, 2.24) is 14.9 Å². The molecule has 0 radical (unpaired) electrons. The molecule has 0 aliphatic carbocycles. The Balaban J connectivity index is 3.18. The van der Waals surface area contributed by atoms with Crippen LogP contribution in [0.3, 0.4) is 0 Å². The summed E-state index contributed by atoms with van der Waals surface area (Å²) >= 11 is 0. The van der Waals surface area contributed by atoms with E-state index in [4.69, 9.17) is 0 Å². The molecule has 0 aliphatic heterocycles. The number of halogens is 6. The molecule has 9 heteroatoms. The highest BCUT2D eigenvalue weighted by atomic mass is 19.4. The normalized spacial score (nSPS) is 15.2. The molecule has 1 rings (SSSR count). The zero-order valence-corrected chi connectivity index (χ0v) is 9.47. The largest absolute Gasteiger partial charge is 0.402 e. The minimum atomic E-state index is -5.40. The number of hydrogen-bond acceptors (Lipinski definition) is 2. The summed E-state index contributed by atoms with van der Waals surface area (Å²) in [6, 6.07) is -1.97. The molecule has 0 bridgehead atoms. The third kappa shape index (κ3) is 3.15. The fraction of sp³-hybridized carbons (Fsp3) is 0.667. The van der Waals surface area contributed by atoms with Gasteiger partial charge in [0.25, 0.3) is 0 Å². The number of hydrogen-bond donors (Lipinski definition) is 1. The Morgan fingerprint density at radius 2 is 1.67 bits per heavy atom. The van der Waals surface area contributed by atoms with Crippen LogP contribution in [0.5, 0.6) is 0 Å². The average molecular weight is 275 g/mol. The molecule has 0 aromatic carbocycles. The van der Waals surface area contributed by atoms with Gasteiger partial charge in [-0.1, -0.05) is 0 Å². The van der Waals surface area contributed by atoms with Gasteiger partial charge < -0.3 is 9.88 Å². The Kier molecular flexibility index (Phi) is 3.94. The average Bonchev–Trinajstić information content (AvgIpc) is 2.56. The Morgan fingerprint density at radius 1 is 1.17 bits per heavy atom. The maximum absolute atomic E-state index is 12.6. The Bertz CT molecular complexity index is 380. The number of aryl methyl sites for hydroxylation is 1. The summed E-state index contributed by atoms with van der Waals surface area (Å²) in [6.45, 7) is 0. The van der Waals surface area contributed by atoms with E-state index < -0.39 is 24.3 Å². The van der Waals surface area contributed by atoms with Crippen LogP contribution in [0.2, 0.25) is 0 Å². The number of rotatable bonds is 3. The SMILES string of the molecule is CNC(c1cn(C)cn1)C(C(F)(F)F)C(F)(F)F. The van der Waals surface area contributed by atoms with Gasteiger partial charge in [0.2, 0.25) is 0 Å². The number of alkyl halides is 6. The summed E-state index contributed by atoms with van der Waals surface area (Å²) in [4.78, 5) is 3.54. The zero-order chi connectivity index (χ0) is 14.1. The predicted molar refractivity (Wildman–Crippen MR) is 50.6 cm³/mol. The van der Waals surface area contributed by atoms with Crippen LogP contribution in [0.1, 0.15) is 11.7 Å². The van der Waals surface area contributed by atoms with Gasteiger partial charge in [0.05, 0.1) is 18.1 Å². The second-order valence-electron chi connectivity index (χ2n) is 3.79. The third-order valence-corrected chi connectivity index (χ3v) is 2.39. The van der Waals surface area contributed by atoms with Crippen LogP contribution in [0.25, 0.3) is 0 Å². The van der Waals surface area contributed by atoms with Crippen molar-refractivity contribution < 1.29 is 26.3 Å². The molecular formula is C9H11F6N3. The number of aromatic nitrogens is 2. The fourth-order valence-corrected chi connectivity index (χ4v) is 1.64. The molecule has 1 heterocycles.